The molecule has 0 fully saturated rings. The van der Waals surface area contributed by atoms with Gasteiger partial charge in [-0.05, 0) is 69.2 Å². The number of nitrogens with zero attached hydrogens (tertiary/aromatic N) is 1. The summed E-state index contributed by atoms with van der Waals surface area (Å²) < 4.78 is 0. The van der Waals surface area contributed by atoms with Crippen molar-refractivity contribution in [1.29, 1.82) is 0 Å². The van der Waals surface area contributed by atoms with E-state index >= 15 is 0 Å². The minimum Gasteiger partial charge on any atom is -0.350 e. The molecule has 0 aliphatic rings. The molecule has 0 aliphatic carbocycles. The predicted molar refractivity (Wildman–Crippen MR) is 136 cm³/mol. The summed E-state index contributed by atoms with van der Waals surface area (Å²) in [4.78, 5) is 29.0. The lowest BCUT2D eigenvalue weighted by molar-refractivity contribution is -0.141. The zero-order chi connectivity index (χ0) is 23.9. The number of benzene rings is 2. The number of thioether (sulfide) groups is 1. The fraction of sp³-hybridized carbons (Fsp3) is 0.417. The second-order valence-corrected chi connectivity index (χ2v) is 10.9. The molecule has 2 amide bonds. The highest BCUT2D eigenvalue weighted by Crippen LogP contribution is 2.25. The van der Waals surface area contributed by atoms with Crippen LogP contribution in [0.5, 0.6) is 0 Å². The molecular formula is C24H29Cl3N2O2S. The molecule has 2 rings (SSSR count). The second kappa shape index (κ2) is 12.2. The van der Waals surface area contributed by atoms with Gasteiger partial charge in [0.1, 0.15) is 6.04 Å². The van der Waals surface area contributed by atoms with Gasteiger partial charge in [0.05, 0.1) is 0 Å². The first-order chi connectivity index (χ1) is 15.0. The van der Waals surface area contributed by atoms with E-state index in [1.165, 1.54) is 0 Å². The Morgan fingerprint density at radius 1 is 1.03 bits per heavy atom. The van der Waals surface area contributed by atoms with Gasteiger partial charge in [0, 0.05) is 44.2 Å². The van der Waals surface area contributed by atoms with Crippen molar-refractivity contribution in [3.8, 4) is 0 Å². The predicted octanol–water partition coefficient (Wildman–Crippen LogP) is 6.85. The number of halogens is 3. The lowest BCUT2D eigenvalue weighted by atomic mass is 10.1. The third-order valence-corrected chi connectivity index (χ3v) is 6.49. The highest BCUT2D eigenvalue weighted by Gasteiger charge is 2.30. The van der Waals surface area contributed by atoms with Crippen LogP contribution in [0.15, 0.2) is 47.4 Å². The summed E-state index contributed by atoms with van der Waals surface area (Å²) in [5, 5.41) is 4.66. The van der Waals surface area contributed by atoms with Crippen LogP contribution in [0.4, 0.5) is 0 Å². The van der Waals surface area contributed by atoms with Gasteiger partial charge in [-0.15, -0.1) is 11.8 Å². The molecule has 0 heterocycles. The number of amides is 2. The molecule has 0 radical (unpaired) electrons. The first-order valence-electron chi connectivity index (χ1n) is 10.4. The maximum atomic E-state index is 13.3. The third kappa shape index (κ3) is 8.51. The van der Waals surface area contributed by atoms with Crippen molar-refractivity contribution < 1.29 is 9.59 Å². The first kappa shape index (κ1) is 26.8. The van der Waals surface area contributed by atoms with Gasteiger partial charge in [-0.2, -0.15) is 0 Å². The van der Waals surface area contributed by atoms with E-state index in [-0.39, 0.29) is 24.8 Å². The molecule has 4 nitrogen and oxygen atoms in total. The van der Waals surface area contributed by atoms with Crippen molar-refractivity contribution in [2.45, 2.75) is 63.6 Å². The average molecular weight is 516 g/mol. The quantitative estimate of drug-likeness (QED) is 0.371. The van der Waals surface area contributed by atoms with E-state index < -0.39 is 11.6 Å². The Bertz CT molecular complexity index is 930. The van der Waals surface area contributed by atoms with Gasteiger partial charge in [-0.1, -0.05) is 47.8 Å². The zero-order valence-corrected chi connectivity index (χ0v) is 21.8. The Labute approximate surface area is 210 Å². The van der Waals surface area contributed by atoms with Crippen molar-refractivity contribution in [1.82, 2.24) is 10.2 Å². The first-order valence-corrected chi connectivity index (χ1v) is 12.6. The number of carbonyl (C=O) groups excluding carboxylic acids is 2. The fourth-order valence-electron chi connectivity index (χ4n) is 3.14. The van der Waals surface area contributed by atoms with E-state index in [2.05, 4.69) is 5.32 Å². The average Bonchev–Trinajstić information content (AvgIpc) is 2.69. The Hall–Kier alpha value is -1.40. The molecule has 0 spiro atoms. The van der Waals surface area contributed by atoms with Crippen LogP contribution < -0.4 is 5.32 Å². The third-order valence-electron chi connectivity index (χ3n) is 4.64. The fourth-order valence-corrected chi connectivity index (χ4v) is 4.57. The van der Waals surface area contributed by atoms with Crippen molar-refractivity contribution in [2.75, 3.05) is 5.75 Å². The molecule has 8 heteroatoms. The van der Waals surface area contributed by atoms with E-state index in [0.29, 0.717) is 27.2 Å². The molecule has 174 valence electrons. The largest absolute Gasteiger partial charge is 0.350 e. The van der Waals surface area contributed by atoms with Crippen molar-refractivity contribution in [3.05, 3.63) is 63.1 Å². The minimum absolute atomic E-state index is 0.103. The van der Waals surface area contributed by atoms with Crippen LogP contribution >= 0.6 is 46.6 Å². The van der Waals surface area contributed by atoms with Crippen molar-refractivity contribution in [3.63, 3.8) is 0 Å². The molecule has 2 aromatic carbocycles. The lowest BCUT2D eigenvalue weighted by Gasteiger charge is -2.33. The van der Waals surface area contributed by atoms with Crippen LogP contribution in [-0.2, 0) is 16.1 Å². The van der Waals surface area contributed by atoms with Crippen LogP contribution in [-0.4, -0.2) is 34.0 Å². The molecule has 0 saturated carbocycles. The Morgan fingerprint density at radius 3 is 2.22 bits per heavy atom. The molecule has 2 aromatic rings. The van der Waals surface area contributed by atoms with E-state index in [0.717, 1.165) is 10.5 Å². The summed E-state index contributed by atoms with van der Waals surface area (Å²) in [6.07, 6.45) is 0.779. The molecule has 0 aromatic heterocycles. The number of carbonyl (C=O) groups is 2. The van der Waals surface area contributed by atoms with E-state index in [1.54, 1.807) is 34.9 Å². The molecule has 1 N–H and O–H groups in total. The summed E-state index contributed by atoms with van der Waals surface area (Å²) >= 11 is 19.9. The molecule has 0 unspecified atom stereocenters. The van der Waals surface area contributed by atoms with Gasteiger partial charge in [0.25, 0.3) is 0 Å². The number of nitrogens with one attached hydrogen (secondary N) is 1. The minimum atomic E-state index is -0.603. The van der Waals surface area contributed by atoms with Crippen molar-refractivity contribution in [2.24, 2.45) is 0 Å². The smallest absolute Gasteiger partial charge is 0.243 e. The maximum absolute atomic E-state index is 13.3. The summed E-state index contributed by atoms with van der Waals surface area (Å²) in [5.41, 5.74) is 0.346. The summed E-state index contributed by atoms with van der Waals surface area (Å²) in [5.74, 6) is 0.306. The number of hydrogen-bond donors (Lipinski definition) is 1. The molecule has 1 atom stereocenters. The topological polar surface area (TPSA) is 49.4 Å². The van der Waals surface area contributed by atoms with Crippen LogP contribution in [0.3, 0.4) is 0 Å². The van der Waals surface area contributed by atoms with E-state index in [9.17, 15) is 9.59 Å². The second-order valence-electron chi connectivity index (χ2n) is 8.47. The van der Waals surface area contributed by atoms with Crippen LogP contribution in [0.1, 0.15) is 46.1 Å². The van der Waals surface area contributed by atoms with Gasteiger partial charge in [0.2, 0.25) is 11.8 Å². The Balaban J connectivity index is 2.19. The van der Waals surface area contributed by atoms with Crippen LogP contribution in [0.2, 0.25) is 15.1 Å². The molecule has 0 aliphatic heterocycles. The van der Waals surface area contributed by atoms with Gasteiger partial charge in [0.15, 0.2) is 0 Å². The molecular weight excluding hydrogens is 487 g/mol. The molecule has 0 bridgehead atoms. The normalized spacial score (nSPS) is 12.3. The van der Waals surface area contributed by atoms with Gasteiger partial charge < -0.3 is 10.2 Å². The van der Waals surface area contributed by atoms with Gasteiger partial charge in [-0.3, -0.25) is 9.59 Å². The molecule has 0 saturated heterocycles. The zero-order valence-electron chi connectivity index (χ0n) is 18.8. The van der Waals surface area contributed by atoms with E-state index in [4.69, 9.17) is 34.8 Å². The lowest BCUT2D eigenvalue weighted by Crippen LogP contribution is -2.53. The van der Waals surface area contributed by atoms with Crippen molar-refractivity contribution >= 4 is 58.4 Å². The standard InChI is InChI=1S/C24H29Cl3N2O2S/c1-5-21(23(31)28-24(2,3)4)29(15-16-6-7-18(26)14-20(16)27)22(30)12-13-32-19-10-8-17(25)9-11-19/h6-11,14,21H,5,12-13,15H2,1-4H3,(H,28,31)/t21-/m0/s1. The monoisotopic (exact) mass is 514 g/mol. The van der Waals surface area contributed by atoms with Gasteiger partial charge in [-0.25, -0.2) is 0 Å². The summed E-state index contributed by atoms with van der Waals surface area (Å²) in [6.45, 7) is 7.89. The SMILES string of the molecule is CC[C@@H](C(=O)NC(C)(C)C)N(Cc1ccc(Cl)cc1Cl)C(=O)CCSc1ccc(Cl)cc1. The van der Waals surface area contributed by atoms with E-state index in [1.807, 2.05) is 52.0 Å². The highest BCUT2D eigenvalue weighted by molar-refractivity contribution is 7.99. The van der Waals surface area contributed by atoms with Crippen LogP contribution in [0.25, 0.3) is 0 Å². The molecule has 32 heavy (non-hydrogen) atoms. The summed E-state index contributed by atoms with van der Waals surface area (Å²) in [7, 11) is 0. The van der Waals surface area contributed by atoms with Crippen LogP contribution in [0, 0.1) is 0 Å². The summed E-state index contributed by atoms with van der Waals surface area (Å²) in [6, 6.07) is 12.1. The maximum Gasteiger partial charge on any atom is 0.243 e. The Kier molecular flexibility index (Phi) is 10.2. The highest BCUT2D eigenvalue weighted by atomic mass is 35.5. The number of hydrogen-bond acceptors (Lipinski definition) is 3. The number of rotatable bonds is 9. The Morgan fingerprint density at radius 2 is 1.66 bits per heavy atom. The van der Waals surface area contributed by atoms with Gasteiger partial charge >= 0.3 is 0 Å².